The lowest BCUT2D eigenvalue weighted by atomic mass is 10.1. The SMILES string of the molecule is CCNc1cc(C)ccc1C(=O)N(C)C(CC)CSC. The van der Waals surface area contributed by atoms with Crippen molar-refractivity contribution in [3.05, 3.63) is 29.3 Å². The maximum Gasteiger partial charge on any atom is 0.255 e. The molecule has 0 spiro atoms. The van der Waals surface area contributed by atoms with E-state index in [2.05, 4.69) is 18.5 Å². The van der Waals surface area contributed by atoms with E-state index in [0.29, 0.717) is 0 Å². The van der Waals surface area contributed by atoms with E-state index in [0.717, 1.165) is 35.5 Å². The maximum atomic E-state index is 12.7. The Bertz CT molecular complexity index is 448. The van der Waals surface area contributed by atoms with Gasteiger partial charge in [-0.05, 0) is 44.2 Å². The molecule has 0 saturated heterocycles. The van der Waals surface area contributed by atoms with Gasteiger partial charge in [-0.3, -0.25) is 4.79 Å². The minimum atomic E-state index is 0.0989. The first kappa shape index (κ1) is 16.9. The van der Waals surface area contributed by atoms with Crippen LogP contribution in [-0.4, -0.2) is 42.4 Å². The first-order valence-electron chi connectivity index (χ1n) is 7.15. The molecule has 0 aliphatic rings. The molecule has 0 heterocycles. The molecule has 1 unspecified atom stereocenters. The highest BCUT2D eigenvalue weighted by Crippen LogP contribution is 2.21. The smallest absolute Gasteiger partial charge is 0.255 e. The lowest BCUT2D eigenvalue weighted by molar-refractivity contribution is 0.0744. The summed E-state index contributed by atoms with van der Waals surface area (Å²) in [6, 6.07) is 6.25. The number of hydrogen-bond donors (Lipinski definition) is 1. The molecule has 0 fully saturated rings. The fourth-order valence-corrected chi connectivity index (χ4v) is 3.08. The molecule has 0 radical (unpaired) electrons. The highest BCUT2D eigenvalue weighted by atomic mass is 32.2. The summed E-state index contributed by atoms with van der Waals surface area (Å²) in [5, 5.41) is 3.29. The Morgan fingerprint density at radius 1 is 1.40 bits per heavy atom. The Morgan fingerprint density at radius 3 is 2.65 bits per heavy atom. The quantitative estimate of drug-likeness (QED) is 0.833. The summed E-state index contributed by atoms with van der Waals surface area (Å²) >= 11 is 1.78. The number of aryl methyl sites for hydroxylation is 1. The Balaban J connectivity index is 3.01. The summed E-state index contributed by atoms with van der Waals surface area (Å²) < 4.78 is 0. The molecule has 1 amide bonds. The Labute approximate surface area is 127 Å². The van der Waals surface area contributed by atoms with E-state index in [1.165, 1.54) is 0 Å². The summed E-state index contributed by atoms with van der Waals surface area (Å²) in [5.41, 5.74) is 2.86. The first-order valence-corrected chi connectivity index (χ1v) is 8.55. The molecule has 1 aromatic rings. The van der Waals surface area contributed by atoms with Crippen LogP contribution in [0.1, 0.15) is 36.2 Å². The second-order valence-electron chi connectivity index (χ2n) is 5.01. The van der Waals surface area contributed by atoms with Gasteiger partial charge in [0.1, 0.15) is 0 Å². The molecule has 3 nitrogen and oxygen atoms in total. The van der Waals surface area contributed by atoms with Crippen molar-refractivity contribution in [1.29, 1.82) is 0 Å². The third-order valence-electron chi connectivity index (χ3n) is 3.47. The topological polar surface area (TPSA) is 32.3 Å². The predicted molar refractivity (Wildman–Crippen MR) is 89.9 cm³/mol. The molecule has 112 valence electrons. The number of nitrogens with zero attached hydrogens (tertiary/aromatic N) is 1. The van der Waals surface area contributed by atoms with E-state index in [4.69, 9.17) is 0 Å². The van der Waals surface area contributed by atoms with Crippen LogP contribution in [-0.2, 0) is 0 Å². The number of hydrogen-bond acceptors (Lipinski definition) is 3. The number of anilines is 1. The van der Waals surface area contributed by atoms with E-state index >= 15 is 0 Å². The standard InChI is InChI=1S/C16H26N2OS/c1-6-13(11-20-5)18(4)16(19)14-9-8-12(3)10-15(14)17-7-2/h8-10,13,17H,6-7,11H2,1-5H3. The van der Waals surface area contributed by atoms with Crippen LogP contribution in [0, 0.1) is 6.92 Å². The third kappa shape index (κ3) is 4.17. The van der Waals surface area contributed by atoms with Gasteiger partial charge in [0, 0.05) is 31.1 Å². The van der Waals surface area contributed by atoms with Gasteiger partial charge in [-0.15, -0.1) is 0 Å². The van der Waals surface area contributed by atoms with Crippen molar-refractivity contribution in [2.75, 3.05) is 30.9 Å². The molecule has 0 aliphatic heterocycles. The highest BCUT2D eigenvalue weighted by molar-refractivity contribution is 7.98. The minimum absolute atomic E-state index is 0.0989. The van der Waals surface area contributed by atoms with Crippen molar-refractivity contribution in [3.63, 3.8) is 0 Å². The van der Waals surface area contributed by atoms with Crippen LogP contribution in [0.2, 0.25) is 0 Å². The molecule has 1 rings (SSSR count). The molecular weight excluding hydrogens is 268 g/mol. The van der Waals surface area contributed by atoms with Crippen LogP contribution in [0.15, 0.2) is 18.2 Å². The normalized spacial score (nSPS) is 12.1. The Kier molecular flexibility index (Phi) is 6.93. The number of rotatable bonds is 7. The van der Waals surface area contributed by atoms with E-state index in [1.807, 2.05) is 44.0 Å². The zero-order valence-corrected chi connectivity index (χ0v) is 14.0. The molecule has 4 heteroatoms. The lowest BCUT2D eigenvalue weighted by Crippen LogP contribution is -2.38. The zero-order chi connectivity index (χ0) is 15.1. The van der Waals surface area contributed by atoms with Crippen molar-refractivity contribution >= 4 is 23.4 Å². The predicted octanol–water partition coefficient (Wildman–Crippen LogP) is 3.64. The molecule has 0 aliphatic carbocycles. The van der Waals surface area contributed by atoms with Crippen molar-refractivity contribution in [2.24, 2.45) is 0 Å². The lowest BCUT2D eigenvalue weighted by Gasteiger charge is -2.27. The summed E-state index contributed by atoms with van der Waals surface area (Å²) in [6.07, 6.45) is 3.06. The molecule has 0 aromatic heterocycles. The van der Waals surface area contributed by atoms with Crippen molar-refractivity contribution in [2.45, 2.75) is 33.2 Å². The van der Waals surface area contributed by atoms with Gasteiger partial charge in [0.25, 0.3) is 5.91 Å². The molecule has 20 heavy (non-hydrogen) atoms. The van der Waals surface area contributed by atoms with Crippen molar-refractivity contribution in [3.8, 4) is 0 Å². The van der Waals surface area contributed by atoms with E-state index in [9.17, 15) is 4.79 Å². The summed E-state index contributed by atoms with van der Waals surface area (Å²) in [4.78, 5) is 14.6. The number of nitrogens with one attached hydrogen (secondary N) is 1. The van der Waals surface area contributed by atoms with Crippen molar-refractivity contribution in [1.82, 2.24) is 4.90 Å². The number of amides is 1. The van der Waals surface area contributed by atoms with Gasteiger partial charge in [-0.25, -0.2) is 0 Å². The fourth-order valence-electron chi connectivity index (χ4n) is 2.23. The largest absolute Gasteiger partial charge is 0.385 e. The average Bonchev–Trinajstić information content (AvgIpc) is 2.44. The minimum Gasteiger partial charge on any atom is -0.385 e. The number of thioether (sulfide) groups is 1. The van der Waals surface area contributed by atoms with Crippen LogP contribution in [0.25, 0.3) is 0 Å². The van der Waals surface area contributed by atoms with Gasteiger partial charge in [0.2, 0.25) is 0 Å². The Hall–Kier alpha value is -1.16. The van der Waals surface area contributed by atoms with Gasteiger partial charge in [0.05, 0.1) is 5.56 Å². The fraction of sp³-hybridized carbons (Fsp3) is 0.562. The molecule has 0 bridgehead atoms. The van der Waals surface area contributed by atoms with Crippen LogP contribution >= 0.6 is 11.8 Å². The molecule has 1 aromatic carbocycles. The molecular formula is C16H26N2OS. The summed E-state index contributed by atoms with van der Waals surface area (Å²) in [6.45, 7) is 7.03. The van der Waals surface area contributed by atoms with Crippen LogP contribution in [0.5, 0.6) is 0 Å². The zero-order valence-electron chi connectivity index (χ0n) is 13.2. The molecule has 1 N–H and O–H groups in total. The number of benzene rings is 1. The van der Waals surface area contributed by atoms with Gasteiger partial charge in [0.15, 0.2) is 0 Å². The molecule has 0 saturated carbocycles. The Morgan fingerprint density at radius 2 is 2.10 bits per heavy atom. The monoisotopic (exact) mass is 294 g/mol. The van der Waals surface area contributed by atoms with E-state index in [-0.39, 0.29) is 11.9 Å². The van der Waals surface area contributed by atoms with Crippen LogP contribution in [0.4, 0.5) is 5.69 Å². The van der Waals surface area contributed by atoms with Gasteiger partial charge in [-0.2, -0.15) is 11.8 Å². The summed E-state index contributed by atoms with van der Waals surface area (Å²) in [5.74, 6) is 1.07. The first-order chi connectivity index (χ1) is 9.54. The van der Waals surface area contributed by atoms with Gasteiger partial charge in [-0.1, -0.05) is 13.0 Å². The highest BCUT2D eigenvalue weighted by Gasteiger charge is 2.21. The summed E-state index contributed by atoms with van der Waals surface area (Å²) in [7, 11) is 1.91. The third-order valence-corrected chi connectivity index (χ3v) is 4.19. The van der Waals surface area contributed by atoms with Crippen molar-refractivity contribution < 1.29 is 4.79 Å². The number of carbonyl (C=O) groups is 1. The van der Waals surface area contributed by atoms with Gasteiger partial charge >= 0.3 is 0 Å². The van der Waals surface area contributed by atoms with Crippen LogP contribution in [0.3, 0.4) is 0 Å². The van der Waals surface area contributed by atoms with E-state index < -0.39 is 0 Å². The van der Waals surface area contributed by atoms with Gasteiger partial charge < -0.3 is 10.2 Å². The van der Waals surface area contributed by atoms with E-state index in [1.54, 1.807) is 11.8 Å². The number of carbonyl (C=O) groups excluding carboxylic acids is 1. The molecule has 1 atom stereocenters. The second kappa shape index (κ2) is 8.20. The van der Waals surface area contributed by atoms with Crippen LogP contribution < -0.4 is 5.32 Å². The second-order valence-corrected chi connectivity index (χ2v) is 5.92. The maximum absolute atomic E-state index is 12.7. The average molecular weight is 294 g/mol.